The van der Waals surface area contributed by atoms with Crippen LogP contribution in [-0.4, -0.2) is 60.0 Å². The van der Waals surface area contributed by atoms with Crippen molar-refractivity contribution in [3.63, 3.8) is 0 Å². The van der Waals surface area contributed by atoms with Gasteiger partial charge in [-0.25, -0.2) is 4.79 Å². The maximum absolute atomic E-state index is 12.0. The summed E-state index contributed by atoms with van der Waals surface area (Å²) in [4.78, 5) is 44.1. The third kappa shape index (κ3) is 13.9. The van der Waals surface area contributed by atoms with Crippen molar-refractivity contribution in [2.24, 2.45) is 22.2 Å². The van der Waals surface area contributed by atoms with Crippen LogP contribution in [0.2, 0.25) is 0 Å². The van der Waals surface area contributed by atoms with Gasteiger partial charge in [0.25, 0.3) is 0 Å². The summed E-state index contributed by atoms with van der Waals surface area (Å²) in [7, 11) is 1.42. The van der Waals surface area contributed by atoms with Gasteiger partial charge in [0.2, 0.25) is 0 Å². The lowest BCUT2D eigenvalue weighted by Crippen LogP contribution is -2.41. The Morgan fingerprint density at radius 3 is 1.66 bits per heavy atom. The molecule has 1 fully saturated rings. The molecule has 3 unspecified atom stereocenters. The van der Waals surface area contributed by atoms with E-state index in [0.717, 1.165) is 18.9 Å². The molecular formula is C29H52O9. The quantitative estimate of drug-likeness (QED) is 0.212. The lowest BCUT2D eigenvalue weighted by molar-refractivity contribution is -0.170. The molecule has 0 amide bonds. The van der Waals surface area contributed by atoms with Crippen molar-refractivity contribution in [3.05, 3.63) is 12.7 Å². The summed E-state index contributed by atoms with van der Waals surface area (Å²) in [6.45, 7) is 20.2. The first kappa shape index (κ1) is 37.7. The van der Waals surface area contributed by atoms with Crippen LogP contribution in [0, 0.1) is 22.2 Å². The van der Waals surface area contributed by atoms with Crippen LogP contribution in [0.4, 0.5) is 0 Å². The van der Waals surface area contributed by atoms with Gasteiger partial charge in [-0.1, -0.05) is 27.4 Å². The Morgan fingerprint density at radius 2 is 1.34 bits per heavy atom. The molecule has 0 saturated heterocycles. The molecule has 9 heteroatoms. The van der Waals surface area contributed by atoms with Crippen molar-refractivity contribution in [2.75, 3.05) is 13.7 Å². The molecule has 38 heavy (non-hydrogen) atoms. The molecule has 1 rings (SSSR count). The molecular weight excluding hydrogens is 492 g/mol. The SMILES string of the molecule is C=CC(=O)OCC1CCC(OC(=O)C(C)(C)CC)C(O)C1.CCC(C)(C)C(=O)O.CCC(C)(C)C(=O)OC. The molecule has 1 aliphatic carbocycles. The van der Waals surface area contributed by atoms with Crippen molar-refractivity contribution in [1.82, 2.24) is 0 Å². The highest BCUT2D eigenvalue weighted by Gasteiger charge is 2.36. The van der Waals surface area contributed by atoms with E-state index in [1.165, 1.54) is 7.11 Å². The number of aliphatic carboxylic acids is 1. The van der Waals surface area contributed by atoms with Crippen LogP contribution in [-0.2, 0) is 33.4 Å². The normalized spacial score (nSPS) is 19.4. The van der Waals surface area contributed by atoms with E-state index >= 15 is 0 Å². The molecule has 9 nitrogen and oxygen atoms in total. The second-order valence-electron chi connectivity index (χ2n) is 11.5. The highest BCUT2D eigenvalue weighted by atomic mass is 16.6. The Bertz CT molecular complexity index is 768. The van der Waals surface area contributed by atoms with E-state index in [4.69, 9.17) is 14.6 Å². The molecule has 3 atom stereocenters. The van der Waals surface area contributed by atoms with Gasteiger partial charge in [0, 0.05) is 6.08 Å². The zero-order valence-electron chi connectivity index (χ0n) is 25.2. The van der Waals surface area contributed by atoms with Crippen molar-refractivity contribution >= 4 is 23.9 Å². The van der Waals surface area contributed by atoms with Crippen LogP contribution >= 0.6 is 0 Å². The van der Waals surface area contributed by atoms with Gasteiger partial charge in [-0.15, -0.1) is 0 Å². The maximum atomic E-state index is 12.0. The maximum Gasteiger partial charge on any atom is 0.330 e. The molecule has 2 N–H and O–H groups in total. The van der Waals surface area contributed by atoms with E-state index in [-0.39, 0.29) is 29.9 Å². The summed E-state index contributed by atoms with van der Waals surface area (Å²) in [5.41, 5.74) is -1.38. The minimum atomic E-state index is -0.722. The number of aliphatic hydroxyl groups is 1. The summed E-state index contributed by atoms with van der Waals surface area (Å²) in [5, 5.41) is 18.6. The van der Waals surface area contributed by atoms with E-state index in [0.29, 0.717) is 25.7 Å². The minimum Gasteiger partial charge on any atom is -0.481 e. The molecule has 1 saturated carbocycles. The number of esters is 3. The van der Waals surface area contributed by atoms with Crippen molar-refractivity contribution in [3.8, 4) is 0 Å². The zero-order chi connectivity index (χ0) is 30.3. The number of methoxy groups -OCH3 is 1. The van der Waals surface area contributed by atoms with E-state index in [9.17, 15) is 24.3 Å². The summed E-state index contributed by atoms with van der Waals surface area (Å²) in [6.07, 6.45) is 3.95. The standard InChI is InChI=1S/C16H26O5.C7H14O2.C6H12O2/c1-5-14(18)20-10-11-7-8-13(12(17)9-11)21-15(19)16(3,4)6-2;1-5-7(2,3)6(8)9-4;1-4-6(2,3)5(7)8/h5,11-13,17H,1,6-10H2,2-4H3;5H2,1-4H3;4H2,1-3H3,(H,7,8). The smallest absolute Gasteiger partial charge is 0.330 e. The monoisotopic (exact) mass is 544 g/mol. The largest absolute Gasteiger partial charge is 0.481 e. The Hall–Kier alpha value is -2.42. The van der Waals surface area contributed by atoms with Gasteiger partial charge in [0.05, 0.1) is 36.1 Å². The molecule has 222 valence electrons. The lowest BCUT2D eigenvalue weighted by atomic mass is 9.85. The van der Waals surface area contributed by atoms with Crippen molar-refractivity contribution < 1.29 is 43.6 Å². The van der Waals surface area contributed by atoms with Gasteiger partial charge in [0.1, 0.15) is 6.10 Å². The summed E-state index contributed by atoms with van der Waals surface area (Å²) < 4.78 is 15.0. The number of ether oxygens (including phenoxy) is 3. The van der Waals surface area contributed by atoms with Crippen molar-refractivity contribution in [1.29, 1.82) is 0 Å². The fourth-order valence-electron chi connectivity index (χ4n) is 2.76. The van der Waals surface area contributed by atoms with Crippen LogP contribution in [0.1, 0.15) is 101 Å². The average molecular weight is 545 g/mol. The Labute approximate surface area is 229 Å². The topological polar surface area (TPSA) is 136 Å². The summed E-state index contributed by atoms with van der Waals surface area (Å²) >= 11 is 0. The van der Waals surface area contributed by atoms with Crippen molar-refractivity contribution in [2.45, 2.75) is 113 Å². The third-order valence-corrected chi connectivity index (χ3v) is 7.27. The number of hydrogen-bond acceptors (Lipinski definition) is 8. The van der Waals surface area contributed by atoms with Gasteiger partial charge in [-0.05, 0) is 86.0 Å². The number of hydrogen-bond donors (Lipinski definition) is 2. The Morgan fingerprint density at radius 1 is 0.868 bits per heavy atom. The van der Waals surface area contributed by atoms with E-state index in [1.807, 2.05) is 48.5 Å². The third-order valence-electron chi connectivity index (χ3n) is 7.27. The number of aliphatic hydroxyl groups excluding tert-OH is 1. The van der Waals surface area contributed by atoms with Gasteiger partial charge >= 0.3 is 23.9 Å². The molecule has 0 aromatic carbocycles. The fraction of sp³-hybridized carbons (Fsp3) is 0.793. The summed E-state index contributed by atoms with van der Waals surface area (Å²) in [6, 6.07) is 0. The zero-order valence-corrected chi connectivity index (χ0v) is 25.2. The first-order valence-electron chi connectivity index (χ1n) is 13.3. The van der Waals surface area contributed by atoms with Crippen LogP contribution in [0.3, 0.4) is 0 Å². The second kappa shape index (κ2) is 17.2. The number of carbonyl (C=O) groups excluding carboxylic acids is 3. The van der Waals surface area contributed by atoms with Crippen LogP contribution in [0.15, 0.2) is 12.7 Å². The van der Waals surface area contributed by atoms with E-state index in [2.05, 4.69) is 11.3 Å². The van der Waals surface area contributed by atoms with E-state index < -0.39 is 35.0 Å². The molecule has 0 spiro atoms. The molecule has 0 radical (unpaired) electrons. The number of carboxylic acid groups (broad SMARTS) is 1. The first-order valence-corrected chi connectivity index (χ1v) is 13.3. The molecule has 1 aliphatic rings. The number of carboxylic acids is 1. The van der Waals surface area contributed by atoms with E-state index in [1.54, 1.807) is 13.8 Å². The lowest BCUT2D eigenvalue weighted by Gasteiger charge is -2.34. The first-order chi connectivity index (χ1) is 17.3. The fourth-order valence-corrected chi connectivity index (χ4v) is 2.76. The average Bonchev–Trinajstić information content (AvgIpc) is 2.88. The van der Waals surface area contributed by atoms with Crippen LogP contribution in [0.5, 0.6) is 0 Å². The number of rotatable bonds is 10. The van der Waals surface area contributed by atoms with Gasteiger partial charge in [0.15, 0.2) is 0 Å². The van der Waals surface area contributed by atoms with Gasteiger partial charge in [-0.2, -0.15) is 0 Å². The molecule has 0 bridgehead atoms. The highest BCUT2D eigenvalue weighted by molar-refractivity contribution is 5.81. The minimum absolute atomic E-state index is 0.0954. The number of carbonyl (C=O) groups is 4. The Kier molecular flexibility index (Phi) is 17.1. The molecule has 0 heterocycles. The Balaban J connectivity index is 0. The van der Waals surface area contributed by atoms with Gasteiger partial charge in [-0.3, -0.25) is 14.4 Å². The second-order valence-corrected chi connectivity index (χ2v) is 11.5. The highest BCUT2D eigenvalue weighted by Crippen LogP contribution is 2.30. The molecule has 0 aliphatic heterocycles. The van der Waals surface area contributed by atoms with Crippen LogP contribution < -0.4 is 0 Å². The molecule has 0 aromatic rings. The summed E-state index contributed by atoms with van der Waals surface area (Å²) in [5.74, 6) is -1.49. The van der Waals surface area contributed by atoms with Crippen LogP contribution in [0.25, 0.3) is 0 Å². The predicted octanol–water partition coefficient (Wildman–Crippen LogP) is 5.33. The predicted molar refractivity (Wildman–Crippen MR) is 146 cm³/mol. The van der Waals surface area contributed by atoms with Gasteiger partial charge < -0.3 is 24.4 Å². The molecule has 0 aromatic heterocycles.